The molecule has 29 heavy (non-hydrogen) atoms. The second-order valence-electron chi connectivity index (χ2n) is 7.42. The van der Waals surface area contributed by atoms with Crippen molar-refractivity contribution in [2.45, 2.75) is 57.2 Å². The molecule has 0 amide bonds. The van der Waals surface area contributed by atoms with Gasteiger partial charge in [-0.3, -0.25) is 4.99 Å². The zero-order chi connectivity index (χ0) is 19.3. The van der Waals surface area contributed by atoms with E-state index >= 15 is 0 Å². The van der Waals surface area contributed by atoms with E-state index in [1.54, 1.807) is 6.26 Å². The third kappa shape index (κ3) is 10.1. The molecule has 2 fully saturated rings. The summed E-state index contributed by atoms with van der Waals surface area (Å²) in [5.41, 5.74) is 0. The summed E-state index contributed by atoms with van der Waals surface area (Å²) < 4.78 is 22.5. The van der Waals surface area contributed by atoms with Crippen LogP contribution in [0.25, 0.3) is 0 Å². The van der Waals surface area contributed by atoms with Crippen molar-refractivity contribution in [2.75, 3.05) is 46.1 Å². The Morgan fingerprint density at radius 1 is 1.07 bits per heavy atom. The number of aliphatic imine (C=N–C) groups is 1. The van der Waals surface area contributed by atoms with E-state index in [-0.39, 0.29) is 30.1 Å². The number of nitrogens with zero attached hydrogens (tertiary/aromatic N) is 1. The van der Waals surface area contributed by atoms with Gasteiger partial charge in [0.15, 0.2) is 5.96 Å². The maximum Gasteiger partial charge on any atom is 0.191 e. The number of ether oxygens (including phenoxy) is 3. The van der Waals surface area contributed by atoms with E-state index in [0.717, 1.165) is 76.7 Å². The molecule has 0 saturated carbocycles. The number of hydrogen-bond donors (Lipinski definition) is 2. The van der Waals surface area contributed by atoms with Gasteiger partial charge in [0.1, 0.15) is 5.76 Å². The zero-order valence-electron chi connectivity index (χ0n) is 17.3. The van der Waals surface area contributed by atoms with Crippen molar-refractivity contribution in [3.05, 3.63) is 24.2 Å². The fraction of sp³-hybridized carbons (Fsp3) is 0.762. The lowest BCUT2D eigenvalue weighted by Crippen LogP contribution is -2.40. The molecule has 0 radical (unpaired) electrons. The van der Waals surface area contributed by atoms with Crippen LogP contribution in [0.2, 0.25) is 0 Å². The topological polar surface area (TPSA) is 77.3 Å². The van der Waals surface area contributed by atoms with E-state index < -0.39 is 0 Å². The highest BCUT2D eigenvalue weighted by molar-refractivity contribution is 14.0. The Balaban J connectivity index is 0.00000300. The van der Waals surface area contributed by atoms with Gasteiger partial charge in [0.2, 0.25) is 0 Å². The fourth-order valence-corrected chi connectivity index (χ4v) is 3.45. The standard InChI is InChI=1S/C21H35N3O4.HI/c1-2-13-27-19(6-1)16-24-21(23-11-9-18-7-3-14-26-18)22-10-5-12-25-17-20-8-4-15-28-20;/h3,7,14,19-20H,1-2,4-6,8-13,15-17H2,(H2,22,23,24);1H. The minimum Gasteiger partial charge on any atom is -0.469 e. The van der Waals surface area contributed by atoms with Gasteiger partial charge >= 0.3 is 0 Å². The van der Waals surface area contributed by atoms with Gasteiger partial charge in [-0.25, -0.2) is 0 Å². The average Bonchev–Trinajstić information content (AvgIpc) is 3.43. The molecule has 0 aromatic carbocycles. The molecule has 1 aromatic rings. The highest BCUT2D eigenvalue weighted by atomic mass is 127. The normalized spacial score (nSPS) is 22.3. The summed E-state index contributed by atoms with van der Waals surface area (Å²) in [5.74, 6) is 1.81. The van der Waals surface area contributed by atoms with Gasteiger partial charge in [-0.05, 0) is 50.7 Å². The highest BCUT2D eigenvalue weighted by Crippen LogP contribution is 2.13. The lowest BCUT2D eigenvalue weighted by Gasteiger charge is -2.21. The van der Waals surface area contributed by atoms with Gasteiger partial charge in [-0.15, -0.1) is 24.0 Å². The van der Waals surface area contributed by atoms with Crippen molar-refractivity contribution >= 4 is 29.9 Å². The number of halogens is 1. The summed E-state index contributed by atoms with van der Waals surface area (Å²) in [5, 5.41) is 6.81. The summed E-state index contributed by atoms with van der Waals surface area (Å²) >= 11 is 0. The molecule has 2 aliphatic rings. The van der Waals surface area contributed by atoms with E-state index in [2.05, 4.69) is 10.6 Å². The van der Waals surface area contributed by atoms with Crippen LogP contribution < -0.4 is 10.6 Å². The molecule has 2 atom stereocenters. The first-order valence-corrected chi connectivity index (χ1v) is 10.8. The Bertz CT molecular complexity index is 544. The molecule has 166 valence electrons. The van der Waals surface area contributed by atoms with Gasteiger partial charge < -0.3 is 29.3 Å². The van der Waals surface area contributed by atoms with Crippen LogP contribution in [-0.2, 0) is 20.6 Å². The second-order valence-corrected chi connectivity index (χ2v) is 7.42. The third-order valence-corrected chi connectivity index (χ3v) is 5.06. The largest absolute Gasteiger partial charge is 0.469 e. The van der Waals surface area contributed by atoms with Crippen molar-refractivity contribution < 1.29 is 18.6 Å². The second kappa shape index (κ2) is 15.0. The van der Waals surface area contributed by atoms with E-state index in [9.17, 15) is 0 Å². The van der Waals surface area contributed by atoms with Crippen molar-refractivity contribution in [1.29, 1.82) is 0 Å². The first-order chi connectivity index (χ1) is 13.9. The van der Waals surface area contributed by atoms with Gasteiger partial charge in [0.05, 0.1) is 31.6 Å². The van der Waals surface area contributed by atoms with Crippen LogP contribution in [0.3, 0.4) is 0 Å². The maximum absolute atomic E-state index is 5.79. The summed E-state index contributed by atoms with van der Waals surface area (Å²) in [6.45, 7) is 5.48. The molecular weight excluding hydrogens is 485 g/mol. The summed E-state index contributed by atoms with van der Waals surface area (Å²) in [7, 11) is 0. The van der Waals surface area contributed by atoms with E-state index in [1.807, 2.05) is 12.1 Å². The molecule has 8 heteroatoms. The molecule has 3 heterocycles. The Kier molecular flexibility index (Phi) is 12.7. The number of rotatable bonds is 11. The minimum absolute atomic E-state index is 0. The Morgan fingerprint density at radius 3 is 2.66 bits per heavy atom. The Hall–Kier alpha value is -0.840. The number of guanidine groups is 1. The number of hydrogen-bond acceptors (Lipinski definition) is 5. The molecule has 0 spiro atoms. The lowest BCUT2D eigenvalue weighted by atomic mass is 10.1. The van der Waals surface area contributed by atoms with E-state index in [4.69, 9.17) is 23.6 Å². The molecule has 3 rings (SSSR count). The molecule has 2 aliphatic heterocycles. The molecule has 2 saturated heterocycles. The predicted molar refractivity (Wildman–Crippen MR) is 124 cm³/mol. The highest BCUT2D eigenvalue weighted by Gasteiger charge is 2.15. The van der Waals surface area contributed by atoms with Crippen molar-refractivity contribution in [1.82, 2.24) is 10.6 Å². The Morgan fingerprint density at radius 2 is 1.90 bits per heavy atom. The van der Waals surface area contributed by atoms with Gasteiger partial charge in [-0.1, -0.05) is 0 Å². The zero-order valence-corrected chi connectivity index (χ0v) is 19.6. The summed E-state index contributed by atoms with van der Waals surface area (Å²) in [6, 6.07) is 3.91. The lowest BCUT2D eigenvalue weighted by molar-refractivity contribution is 0.0168. The molecule has 2 unspecified atom stereocenters. The monoisotopic (exact) mass is 521 g/mol. The summed E-state index contributed by atoms with van der Waals surface area (Å²) in [4.78, 5) is 4.73. The van der Waals surface area contributed by atoms with Crippen LogP contribution in [0.5, 0.6) is 0 Å². The predicted octanol–water partition coefficient (Wildman–Crippen LogP) is 3.13. The molecule has 0 aliphatic carbocycles. The fourth-order valence-electron chi connectivity index (χ4n) is 3.45. The van der Waals surface area contributed by atoms with Crippen molar-refractivity contribution in [3.8, 4) is 0 Å². The first-order valence-electron chi connectivity index (χ1n) is 10.8. The van der Waals surface area contributed by atoms with Crippen molar-refractivity contribution in [3.63, 3.8) is 0 Å². The molecular formula is C21H36IN3O4. The average molecular weight is 521 g/mol. The maximum atomic E-state index is 5.79. The van der Waals surface area contributed by atoms with Crippen LogP contribution in [0.15, 0.2) is 27.8 Å². The van der Waals surface area contributed by atoms with Gasteiger partial charge in [0.25, 0.3) is 0 Å². The molecule has 2 N–H and O–H groups in total. The van der Waals surface area contributed by atoms with Gasteiger partial charge in [0, 0.05) is 39.3 Å². The van der Waals surface area contributed by atoms with Crippen LogP contribution in [-0.4, -0.2) is 64.2 Å². The molecule has 1 aromatic heterocycles. The van der Waals surface area contributed by atoms with Crippen molar-refractivity contribution in [2.24, 2.45) is 4.99 Å². The quantitative estimate of drug-likeness (QED) is 0.202. The third-order valence-electron chi connectivity index (χ3n) is 5.06. The molecule has 7 nitrogen and oxygen atoms in total. The van der Waals surface area contributed by atoms with Crippen LogP contribution >= 0.6 is 24.0 Å². The Labute approximate surface area is 191 Å². The SMILES string of the molecule is I.c1coc(CCNC(=NCC2CCCCO2)NCCCOCC2CCCO2)c1. The van der Waals surface area contributed by atoms with Crippen LogP contribution in [0.4, 0.5) is 0 Å². The van der Waals surface area contributed by atoms with Crippen LogP contribution in [0.1, 0.15) is 44.3 Å². The minimum atomic E-state index is 0. The molecule has 0 bridgehead atoms. The summed E-state index contributed by atoms with van der Waals surface area (Å²) in [6.07, 6.45) is 9.79. The first kappa shape index (κ1) is 24.4. The number of nitrogens with one attached hydrogen (secondary N) is 2. The van der Waals surface area contributed by atoms with Gasteiger partial charge in [-0.2, -0.15) is 0 Å². The van der Waals surface area contributed by atoms with E-state index in [0.29, 0.717) is 19.3 Å². The smallest absolute Gasteiger partial charge is 0.191 e. The van der Waals surface area contributed by atoms with Crippen LogP contribution in [0, 0.1) is 0 Å². The number of furan rings is 1. The van der Waals surface area contributed by atoms with E-state index in [1.165, 1.54) is 12.8 Å².